The number of hydrogen-bond donors (Lipinski definition) is 0. The van der Waals surface area contributed by atoms with E-state index in [1.54, 1.807) is 11.4 Å². The molecule has 0 aliphatic carbocycles. The Morgan fingerprint density at radius 1 is 1.36 bits per heavy atom. The summed E-state index contributed by atoms with van der Waals surface area (Å²) in [6, 6.07) is 7.07. The van der Waals surface area contributed by atoms with Crippen LogP contribution in [0.4, 0.5) is 5.69 Å². The zero-order valence-corrected chi connectivity index (χ0v) is 16.6. The van der Waals surface area contributed by atoms with Gasteiger partial charge in [-0.05, 0) is 36.4 Å². The second-order valence-electron chi connectivity index (χ2n) is 6.15. The third-order valence-corrected chi connectivity index (χ3v) is 7.62. The van der Waals surface area contributed by atoms with E-state index in [1.165, 1.54) is 29.6 Å². The molecule has 3 rings (SSSR count). The molecule has 0 saturated carbocycles. The van der Waals surface area contributed by atoms with E-state index in [-0.39, 0.29) is 22.3 Å². The van der Waals surface area contributed by atoms with Gasteiger partial charge in [0.2, 0.25) is 5.75 Å². The maximum atomic E-state index is 12.7. The number of benzene rings is 1. The molecule has 1 atom stereocenters. The van der Waals surface area contributed by atoms with Crippen molar-refractivity contribution in [1.29, 1.82) is 0 Å². The van der Waals surface area contributed by atoms with E-state index in [0.717, 1.165) is 17.4 Å². The van der Waals surface area contributed by atoms with Gasteiger partial charge >= 0.3 is 11.7 Å². The summed E-state index contributed by atoms with van der Waals surface area (Å²) in [4.78, 5) is 23.1. The first-order valence-electron chi connectivity index (χ1n) is 8.40. The molecule has 0 amide bonds. The Balaban J connectivity index is 1.76. The lowest BCUT2D eigenvalue weighted by Crippen LogP contribution is -2.43. The first-order chi connectivity index (χ1) is 13.3. The molecule has 28 heavy (non-hydrogen) atoms. The van der Waals surface area contributed by atoms with Gasteiger partial charge in [0.25, 0.3) is 10.0 Å². The van der Waals surface area contributed by atoms with Crippen molar-refractivity contribution in [3.63, 3.8) is 0 Å². The van der Waals surface area contributed by atoms with E-state index in [4.69, 9.17) is 9.47 Å². The van der Waals surface area contributed by atoms with E-state index in [0.29, 0.717) is 19.4 Å². The molecule has 0 N–H and O–H groups in total. The quantitative estimate of drug-likeness (QED) is 0.302. The van der Waals surface area contributed by atoms with Crippen molar-refractivity contribution in [2.24, 2.45) is 5.92 Å². The highest BCUT2D eigenvalue weighted by Crippen LogP contribution is 2.33. The molecular weight excluding hydrogens is 408 g/mol. The molecule has 1 saturated heterocycles. The molecule has 0 spiro atoms. The molecule has 1 aromatic carbocycles. The Bertz CT molecular complexity index is 973. The molecule has 0 radical (unpaired) electrons. The summed E-state index contributed by atoms with van der Waals surface area (Å²) < 4.78 is 37.0. The Labute approximate surface area is 165 Å². The number of sulfonamides is 1. The topological polar surface area (TPSA) is 116 Å². The fraction of sp³-hybridized carbons (Fsp3) is 0.353. The fourth-order valence-corrected chi connectivity index (χ4v) is 5.60. The van der Waals surface area contributed by atoms with Crippen LogP contribution in [-0.2, 0) is 14.8 Å². The maximum Gasteiger partial charge on any atom is 0.315 e. The number of thiophene rings is 1. The smallest absolute Gasteiger partial charge is 0.315 e. The average Bonchev–Trinajstić information content (AvgIpc) is 3.24. The van der Waals surface area contributed by atoms with Crippen molar-refractivity contribution in [1.82, 2.24) is 4.31 Å². The Kier molecular flexibility index (Phi) is 5.96. The minimum absolute atomic E-state index is 0.0248. The number of methoxy groups -OCH3 is 1. The molecule has 1 aromatic heterocycles. The van der Waals surface area contributed by atoms with Crippen molar-refractivity contribution in [2.45, 2.75) is 17.1 Å². The highest BCUT2D eigenvalue weighted by atomic mass is 32.2. The lowest BCUT2D eigenvalue weighted by molar-refractivity contribution is -0.385. The molecule has 1 unspecified atom stereocenters. The zero-order valence-electron chi connectivity index (χ0n) is 14.9. The number of esters is 1. The zero-order chi connectivity index (χ0) is 20.3. The molecule has 1 fully saturated rings. The number of ether oxygens (including phenoxy) is 2. The van der Waals surface area contributed by atoms with Gasteiger partial charge in [-0.2, -0.15) is 4.31 Å². The monoisotopic (exact) mass is 426 g/mol. The van der Waals surface area contributed by atoms with Gasteiger partial charge in [0, 0.05) is 13.1 Å². The number of nitro benzene ring substituents is 1. The van der Waals surface area contributed by atoms with Crippen molar-refractivity contribution in [2.75, 3.05) is 20.2 Å². The molecule has 0 bridgehead atoms. The average molecular weight is 426 g/mol. The second-order valence-corrected chi connectivity index (χ2v) is 9.26. The minimum atomic E-state index is -3.67. The molecule has 2 heterocycles. The predicted octanol–water partition coefficient (Wildman–Crippen LogP) is 2.67. The molecule has 9 nitrogen and oxygen atoms in total. The lowest BCUT2D eigenvalue weighted by atomic mass is 10.00. The van der Waals surface area contributed by atoms with Gasteiger partial charge < -0.3 is 9.47 Å². The largest absolute Gasteiger partial charge is 0.496 e. The van der Waals surface area contributed by atoms with E-state index in [9.17, 15) is 23.3 Å². The number of hydrogen-bond acceptors (Lipinski definition) is 8. The number of piperidine rings is 1. The van der Waals surface area contributed by atoms with Crippen LogP contribution in [0.1, 0.15) is 12.8 Å². The number of carbonyl (C=O) groups excluding carboxylic acids is 1. The summed E-state index contributed by atoms with van der Waals surface area (Å²) in [5.74, 6) is -1.34. The first-order valence-corrected chi connectivity index (χ1v) is 10.7. The fourth-order valence-electron chi connectivity index (χ4n) is 2.94. The van der Waals surface area contributed by atoms with Gasteiger partial charge in [-0.1, -0.05) is 6.07 Å². The van der Waals surface area contributed by atoms with Crippen molar-refractivity contribution in [3.8, 4) is 11.5 Å². The summed E-state index contributed by atoms with van der Waals surface area (Å²) >= 11 is 1.11. The first kappa shape index (κ1) is 20.2. The van der Waals surface area contributed by atoms with Crippen molar-refractivity contribution < 1.29 is 27.6 Å². The summed E-state index contributed by atoms with van der Waals surface area (Å²) in [5.41, 5.74) is -0.397. The van der Waals surface area contributed by atoms with Crippen LogP contribution in [0.3, 0.4) is 0 Å². The van der Waals surface area contributed by atoms with E-state index >= 15 is 0 Å². The van der Waals surface area contributed by atoms with E-state index in [2.05, 4.69) is 0 Å². The van der Waals surface area contributed by atoms with Crippen LogP contribution < -0.4 is 9.47 Å². The maximum absolute atomic E-state index is 12.7. The number of nitrogens with zero attached hydrogens (tertiary/aromatic N) is 2. The minimum Gasteiger partial charge on any atom is -0.496 e. The lowest BCUT2D eigenvalue weighted by Gasteiger charge is -2.30. The summed E-state index contributed by atoms with van der Waals surface area (Å²) in [5, 5.41) is 12.9. The van der Waals surface area contributed by atoms with Crippen LogP contribution in [0.25, 0.3) is 0 Å². The SMILES string of the molecule is COc1ccc(OC(=O)C2CCCN(S(=O)(=O)c3cccs3)C2)c([N+](=O)[O-])c1. The molecule has 11 heteroatoms. The van der Waals surface area contributed by atoms with Crippen molar-refractivity contribution in [3.05, 3.63) is 45.8 Å². The van der Waals surface area contributed by atoms with Gasteiger partial charge in [-0.25, -0.2) is 8.42 Å². The van der Waals surface area contributed by atoms with Crippen LogP contribution in [0.15, 0.2) is 39.9 Å². The normalized spacial score (nSPS) is 17.8. The van der Waals surface area contributed by atoms with Gasteiger partial charge in [0.15, 0.2) is 0 Å². The molecule has 1 aliphatic rings. The van der Waals surface area contributed by atoms with Crippen LogP contribution >= 0.6 is 11.3 Å². The third-order valence-electron chi connectivity index (χ3n) is 4.38. The summed E-state index contributed by atoms with van der Waals surface area (Å²) in [7, 11) is -2.30. The highest BCUT2D eigenvalue weighted by Gasteiger charge is 2.35. The van der Waals surface area contributed by atoms with E-state index in [1.807, 2.05) is 0 Å². The van der Waals surface area contributed by atoms with Gasteiger partial charge in [0.1, 0.15) is 9.96 Å². The standard InChI is InChI=1S/C17H18N2O7S2/c1-25-13-6-7-15(14(10-13)19(21)22)26-17(20)12-4-2-8-18(11-12)28(23,24)16-5-3-9-27-16/h3,5-7,9-10,12H,2,4,8,11H2,1H3. The number of rotatable bonds is 6. The Morgan fingerprint density at radius 2 is 2.14 bits per heavy atom. The van der Waals surface area contributed by atoms with Gasteiger partial charge in [0.05, 0.1) is 24.0 Å². The van der Waals surface area contributed by atoms with Gasteiger partial charge in [-0.15, -0.1) is 11.3 Å². The van der Waals surface area contributed by atoms with Crippen LogP contribution in [0, 0.1) is 16.0 Å². The summed E-state index contributed by atoms with van der Waals surface area (Å²) in [6.07, 6.45) is 0.939. The highest BCUT2D eigenvalue weighted by molar-refractivity contribution is 7.91. The van der Waals surface area contributed by atoms with E-state index < -0.39 is 32.5 Å². The number of nitro groups is 1. The molecular formula is C17H18N2O7S2. The second kappa shape index (κ2) is 8.25. The predicted molar refractivity (Wildman–Crippen MR) is 101 cm³/mol. The molecule has 2 aromatic rings. The molecule has 1 aliphatic heterocycles. The van der Waals surface area contributed by atoms with Crippen LogP contribution in [0.5, 0.6) is 11.5 Å². The van der Waals surface area contributed by atoms with Crippen LogP contribution in [0.2, 0.25) is 0 Å². The molecule has 150 valence electrons. The van der Waals surface area contributed by atoms with Gasteiger partial charge in [-0.3, -0.25) is 14.9 Å². The number of carbonyl (C=O) groups is 1. The third kappa shape index (κ3) is 4.16. The van der Waals surface area contributed by atoms with Crippen LogP contribution in [-0.4, -0.2) is 43.8 Å². The Morgan fingerprint density at radius 3 is 2.79 bits per heavy atom. The summed E-state index contributed by atoms with van der Waals surface area (Å²) in [6.45, 7) is 0.287. The Hall–Kier alpha value is -2.50. The van der Waals surface area contributed by atoms with Crippen molar-refractivity contribution >= 4 is 33.0 Å².